The van der Waals surface area contributed by atoms with E-state index in [0.717, 1.165) is 4.90 Å². The molecule has 1 unspecified atom stereocenters. The first-order valence-electron chi connectivity index (χ1n) is 6.13. The molecule has 0 radical (unpaired) electrons. The molecular weight excluding hydrogens is 262 g/mol. The zero-order valence-electron chi connectivity index (χ0n) is 10.7. The van der Waals surface area contributed by atoms with Crippen LogP contribution in [0.15, 0.2) is 35.2 Å². The molecule has 1 fully saturated rings. The molecule has 19 heavy (non-hydrogen) atoms. The quantitative estimate of drug-likeness (QED) is 0.771. The number of carbonyl (C=O) groups excluding carboxylic acids is 3. The van der Waals surface area contributed by atoms with Crippen molar-refractivity contribution in [1.29, 1.82) is 0 Å². The van der Waals surface area contributed by atoms with Crippen LogP contribution in [0, 0.1) is 0 Å². The molecule has 4 nitrogen and oxygen atoms in total. The molecule has 0 N–H and O–H groups in total. The van der Waals surface area contributed by atoms with Gasteiger partial charge in [0.15, 0.2) is 0 Å². The number of hydrogen-bond donors (Lipinski definition) is 0. The maximum atomic E-state index is 12.1. The van der Waals surface area contributed by atoms with Gasteiger partial charge < -0.3 is 0 Å². The Kier molecular flexibility index (Phi) is 4.37. The van der Waals surface area contributed by atoms with E-state index in [4.69, 9.17) is 0 Å². The molecule has 2 rings (SSSR count). The summed E-state index contributed by atoms with van der Waals surface area (Å²) in [5.41, 5.74) is 0. The molecule has 2 amide bonds. The van der Waals surface area contributed by atoms with Crippen LogP contribution in [-0.4, -0.2) is 34.3 Å². The van der Waals surface area contributed by atoms with Gasteiger partial charge >= 0.3 is 0 Å². The summed E-state index contributed by atoms with van der Waals surface area (Å²) in [7, 11) is 0. The van der Waals surface area contributed by atoms with Crippen LogP contribution in [0.3, 0.4) is 0 Å². The number of benzene rings is 1. The lowest BCUT2D eigenvalue weighted by Crippen LogP contribution is -2.33. The van der Waals surface area contributed by atoms with Gasteiger partial charge in [0, 0.05) is 24.3 Å². The number of rotatable bonds is 5. The molecule has 0 bridgehead atoms. The Hall–Kier alpha value is -1.62. The molecule has 0 spiro atoms. The summed E-state index contributed by atoms with van der Waals surface area (Å²) in [6.45, 7) is 1.67. The second-order valence-electron chi connectivity index (χ2n) is 4.46. The minimum atomic E-state index is -0.359. The average Bonchev–Trinajstić information content (AvgIpc) is 2.63. The Balaban J connectivity index is 1.99. The van der Waals surface area contributed by atoms with Gasteiger partial charge in [0.25, 0.3) is 0 Å². The number of carbonyl (C=O) groups is 3. The van der Waals surface area contributed by atoms with E-state index in [1.807, 2.05) is 30.3 Å². The van der Waals surface area contributed by atoms with E-state index in [-0.39, 0.29) is 42.2 Å². The van der Waals surface area contributed by atoms with Crippen LogP contribution in [0.5, 0.6) is 0 Å². The van der Waals surface area contributed by atoms with Gasteiger partial charge in [0.1, 0.15) is 5.78 Å². The molecule has 1 aromatic carbocycles. The third kappa shape index (κ3) is 3.44. The van der Waals surface area contributed by atoms with Gasteiger partial charge in [-0.25, -0.2) is 0 Å². The molecule has 0 aromatic heterocycles. The monoisotopic (exact) mass is 277 g/mol. The first kappa shape index (κ1) is 13.8. The van der Waals surface area contributed by atoms with E-state index >= 15 is 0 Å². The van der Waals surface area contributed by atoms with E-state index in [1.54, 1.807) is 0 Å². The van der Waals surface area contributed by atoms with Crippen molar-refractivity contribution >= 4 is 29.4 Å². The van der Waals surface area contributed by atoms with Crippen LogP contribution in [0.25, 0.3) is 0 Å². The molecule has 5 heteroatoms. The fourth-order valence-electron chi connectivity index (χ4n) is 1.91. The third-order valence-electron chi connectivity index (χ3n) is 2.91. The van der Waals surface area contributed by atoms with Crippen LogP contribution in [-0.2, 0) is 14.4 Å². The van der Waals surface area contributed by atoms with Crippen molar-refractivity contribution in [3.05, 3.63) is 30.3 Å². The molecule has 1 heterocycles. The zero-order chi connectivity index (χ0) is 13.8. The highest BCUT2D eigenvalue weighted by Gasteiger charge is 2.38. The number of hydrogen-bond acceptors (Lipinski definition) is 4. The summed E-state index contributed by atoms with van der Waals surface area (Å²) in [6, 6.07) is 9.54. The first-order chi connectivity index (χ1) is 9.08. The zero-order valence-corrected chi connectivity index (χ0v) is 11.5. The Morgan fingerprint density at radius 2 is 2.00 bits per heavy atom. The van der Waals surface area contributed by atoms with Crippen molar-refractivity contribution in [2.24, 2.45) is 0 Å². The van der Waals surface area contributed by atoms with Crippen molar-refractivity contribution in [2.45, 2.75) is 29.9 Å². The summed E-state index contributed by atoms with van der Waals surface area (Å²) in [5, 5.41) is -0.359. The van der Waals surface area contributed by atoms with Crippen LogP contribution in [0.1, 0.15) is 19.8 Å². The topological polar surface area (TPSA) is 54.5 Å². The average molecular weight is 277 g/mol. The number of nitrogens with zero attached hydrogens (tertiary/aromatic N) is 1. The summed E-state index contributed by atoms with van der Waals surface area (Å²) in [4.78, 5) is 37.0. The number of likely N-dealkylation sites (tertiary alicyclic amines) is 1. The number of imide groups is 1. The maximum Gasteiger partial charge on any atom is 0.243 e. The van der Waals surface area contributed by atoms with Gasteiger partial charge in [-0.05, 0) is 19.1 Å². The predicted octanol–water partition coefficient (Wildman–Crippen LogP) is 1.89. The summed E-state index contributed by atoms with van der Waals surface area (Å²) in [6.07, 6.45) is 0.455. The van der Waals surface area contributed by atoms with Crippen molar-refractivity contribution < 1.29 is 14.4 Å². The Bertz CT molecular complexity index is 501. The van der Waals surface area contributed by atoms with Crippen LogP contribution in [0.2, 0.25) is 0 Å². The summed E-state index contributed by atoms with van der Waals surface area (Å²) >= 11 is 1.40. The van der Waals surface area contributed by atoms with E-state index in [9.17, 15) is 14.4 Å². The molecule has 1 aliphatic heterocycles. The largest absolute Gasteiger partial charge is 0.300 e. The molecule has 1 saturated heterocycles. The smallest absolute Gasteiger partial charge is 0.243 e. The Morgan fingerprint density at radius 1 is 1.32 bits per heavy atom. The minimum absolute atomic E-state index is 0.0141. The van der Waals surface area contributed by atoms with Crippen molar-refractivity contribution in [3.63, 3.8) is 0 Å². The number of amides is 2. The van der Waals surface area contributed by atoms with E-state index < -0.39 is 0 Å². The second-order valence-corrected chi connectivity index (χ2v) is 5.74. The molecule has 1 aliphatic rings. The molecule has 0 aliphatic carbocycles. The van der Waals surface area contributed by atoms with Gasteiger partial charge in [-0.3, -0.25) is 19.3 Å². The van der Waals surface area contributed by atoms with Gasteiger partial charge in [-0.15, -0.1) is 11.8 Å². The molecule has 1 atom stereocenters. The van der Waals surface area contributed by atoms with Crippen LogP contribution >= 0.6 is 11.8 Å². The number of thioether (sulfide) groups is 1. The highest BCUT2D eigenvalue weighted by Crippen LogP contribution is 2.31. The van der Waals surface area contributed by atoms with E-state index in [2.05, 4.69) is 0 Å². The van der Waals surface area contributed by atoms with E-state index in [0.29, 0.717) is 0 Å². The standard InChI is InChI=1S/C14H15NO3S/c1-10(16)7-8-15-13(17)9-12(14(15)18)19-11-5-3-2-4-6-11/h2-6,12H,7-9H2,1H3. The normalized spacial score (nSPS) is 19.0. The number of Topliss-reactive ketones (excluding diaryl/α,β-unsaturated/α-hetero) is 1. The minimum Gasteiger partial charge on any atom is -0.300 e. The van der Waals surface area contributed by atoms with Gasteiger partial charge in [0.2, 0.25) is 11.8 Å². The molecule has 1 aromatic rings. The Morgan fingerprint density at radius 3 is 2.63 bits per heavy atom. The fraction of sp³-hybridized carbons (Fsp3) is 0.357. The SMILES string of the molecule is CC(=O)CCN1C(=O)CC(Sc2ccccc2)C1=O. The number of ketones is 1. The van der Waals surface area contributed by atoms with Gasteiger partial charge in [-0.2, -0.15) is 0 Å². The lowest BCUT2D eigenvalue weighted by molar-refractivity contribution is -0.138. The fourth-order valence-corrected chi connectivity index (χ4v) is 3.01. The lowest BCUT2D eigenvalue weighted by atomic mass is 10.3. The third-order valence-corrected chi connectivity index (χ3v) is 4.11. The molecule has 100 valence electrons. The summed E-state index contributed by atoms with van der Waals surface area (Å²) < 4.78 is 0. The first-order valence-corrected chi connectivity index (χ1v) is 7.01. The maximum absolute atomic E-state index is 12.1. The van der Waals surface area contributed by atoms with Gasteiger partial charge in [-0.1, -0.05) is 18.2 Å². The van der Waals surface area contributed by atoms with Crippen LogP contribution < -0.4 is 0 Å². The van der Waals surface area contributed by atoms with E-state index in [1.165, 1.54) is 23.6 Å². The lowest BCUT2D eigenvalue weighted by Gasteiger charge is -2.13. The highest BCUT2D eigenvalue weighted by atomic mass is 32.2. The highest BCUT2D eigenvalue weighted by molar-refractivity contribution is 8.00. The van der Waals surface area contributed by atoms with Crippen molar-refractivity contribution in [2.75, 3.05) is 6.54 Å². The second kappa shape index (κ2) is 6.02. The summed E-state index contributed by atoms with van der Waals surface area (Å²) in [5.74, 6) is -0.375. The Labute approximate surface area is 116 Å². The molecular formula is C14H15NO3S. The predicted molar refractivity (Wildman–Crippen MR) is 72.7 cm³/mol. The van der Waals surface area contributed by atoms with Gasteiger partial charge in [0.05, 0.1) is 5.25 Å². The van der Waals surface area contributed by atoms with Crippen molar-refractivity contribution in [3.8, 4) is 0 Å². The van der Waals surface area contributed by atoms with Crippen molar-refractivity contribution in [1.82, 2.24) is 4.90 Å². The molecule has 0 saturated carbocycles. The van der Waals surface area contributed by atoms with Crippen LogP contribution in [0.4, 0.5) is 0 Å².